The van der Waals surface area contributed by atoms with Crippen molar-refractivity contribution >= 4 is 23.3 Å². The number of benzene rings is 3. The zero-order chi connectivity index (χ0) is 41.5. The van der Waals surface area contributed by atoms with Crippen molar-refractivity contribution < 1.29 is 29.2 Å². The summed E-state index contributed by atoms with van der Waals surface area (Å²) in [6, 6.07) is 23.5. The van der Waals surface area contributed by atoms with Crippen LogP contribution < -0.4 is 18.9 Å². The van der Waals surface area contributed by atoms with Gasteiger partial charge in [-0.2, -0.15) is 10.5 Å². The van der Waals surface area contributed by atoms with Crippen molar-refractivity contribution in [3.63, 3.8) is 0 Å². The molecule has 8 nitrogen and oxygen atoms in total. The number of aliphatic hydroxyl groups excluding tert-OH is 2. The monoisotopic (exact) mass is 793 g/mol. The van der Waals surface area contributed by atoms with E-state index in [1.54, 1.807) is 26.4 Å². The van der Waals surface area contributed by atoms with Crippen LogP contribution in [0, 0.1) is 22.7 Å². The third kappa shape index (κ3) is 18.7. The number of ether oxygens (including phenoxy) is 4. The second-order valence-electron chi connectivity index (χ2n) is 14.9. The topological polar surface area (TPSA) is 125 Å². The van der Waals surface area contributed by atoms with Crippen LogP contribution in [0.15, 0.2) is 60.7 Å². The van der Waals surface area contributed by atoms with Crippen molar-refractivity contribution in [1.29, 1.82) is 10.5 Å². The summed E-state index contributed by atoms with van der Waals surface area (Å²) in [6.07, 6.45) is 27.1. The van der Waals surface area contributed by atoms with E-state index in [2.05, 4.69) is 12.1 Å². The number of aliphatic hydroxyl groups is 2. The molecule has 0 aliphatic rings. The quantitative estimate of drug-likeness (QED) is 0.0364. The molecule has 3 aromatic carbocycles. The minimum absolute atomic E-state index is 0.308. The highest BCUT2D eigenvalue weighted by atomic mass is 16.5. The van der Waals surface area contributed by atoms with E-state index in [0.29, 0.717) is 60.2 Å². The number of hydrogen-bond acceptors (Lipinski definition) is 8. The molecule has 0 bridgehead atoms. The smallest absolute Gasteiger partial charge is 0.126 e. The van der Waals surface area contributed by atoms with Crippen LogP contribution in [0.3, 0.4) is 0 Å². The molecular weight excluding hydrogens is 725 g/mol. The molecule has 0 spiro atoms. The highest BCUT2D eigenvalue weighted by Gasteiger charge is 2.13. The highest BCUT2D eigenvalue weighted by Crippen LogP contribution is 2.35. The molecule has 58 heavy (non-hydrogen) atoms. The van der Waals surface area contributed by atoms with Gasteiger partial charge in [0.15, 0.2) is 0 Å². The van der Waals surface area contributed by atoms with Crippen LogP contribution >= 0.6 is 0 Å². The Morgan fingerprint density at radius 1 is 0.466 bits per heavy atom. The fourth-order valence-electron chi connectivity index (χ4n) is 6.94. The molecule has 0 radical (unpaired) electrons. The highest BCUT2D eigenvalue weighted by molar-refractivity contribution is 5.93. The summed E-state index contributed by atoms with van der Waals surface area (Å²) in [5, 5.41) is 38.0. The van der Waals surface area contributed by atoms with E-state index in [1.807, 2.05) is 60.7 Å². The van der Waals surface area contributed by atoms with Gasteiger partial charge in [-0.25, -0.2) is 0 Å². The van der Waals surface area contributed by atoms with Crippen molar-refractivity contribution in [1.82, 2.24) is 0 Å². The van der Waals surface area contributed by atoms with Gasteiger partial charge in [-0.05, 0) is 110 Å². The molecule has 314 valence electrons. The maximum Gasteiger partial charge on any atom is 0.126 e. The van der Waals surface area contributed by atoms with Gasteiger partial charge in [0.05, 0.1) is 50.7 Å². The summed E-state index contributed by atoms with van der Waals surface area (Å²) in [6.45, 7) is 1.95. The lowest BCUT2D eigenvalue weighted by Crippen LogP contribution is -1.97. The normalized spacial score (nSPS) is 11.6. The van der Waals surface area contributed by atoms with Crippen LogP contribution in [-0.4, -0.2) is 50.9 Å². The van der Waals surface area contributed by atoms with Gasteiger partial charge in [0.25, 0.3) is 0 Å². The molecule has 0 atom stereocenters. The lowest BCUT2D eigenvalue weighted by Gasteiger charge is -2.13. The van der Waals surface area contributed by atoms with Gasteiger partial charge in [0.2, 0.25) is 0 Å². The van der Waals surface area contributed by atoms with Gasteiger partial charge in [0.1, 0.15) is 23.0 Å². The molecular formula is C50H68N2O6. The Morgan fingerprint density at radius 3 is 1.03 bits per heavy atom. The van der Waals surface area contributed by atoms with E-state index in [9.17, 15) is 10.5 Å². The molecule has 3 rings (SSSR count). The van der Waals surface area contributed by atoms with Crippen molar-refractivity contribution in [3.05, 3.63) is 82.9 Å². The van der Waals surface area contributed by atoms with Crippen molar-refractivity contribution in [2.75, 3.05) is 40.6 Å². The van der Waals surface area contributed by atoms with E-state index < -0.39 is 0 Å². The molecule has 8 heteroatoms. The summed E-state index contributed by atoms with van der Waals surface area (Å²) < 4.78 is 23.5. The lowest BCUT2D eigenvalue weighted by atomic mass is 9.99. The maximum absolute atomic E-state index is 10.1. The van der Waals surface area contributed by atoms with Crippen LogP contribution in [0.5, 0.6) is 23.0 Å². The van der Waals surface area contributed by atoms with E-state index in [1.165, 1.54) is 77.0 Å². The standard InChI is InChI=1S/C50H68N2O6/c1-55-49-37-44(36-46(40-52)42-25-29-48(30-26-42)58-34-22-18-14-10-6-4-8-12-16-20-32-54)50(56-2)38-43(49)35-45(39-51)41-23-27-47(28-24-41)57-33-21-17-13-9-5-3-7-11-15-19-31-53/h23-30,35-38,53-54H,3-22,31-34H2,1-2H3/b45-35+,46-36+. The molecule has 0 unspecified atom stereocenters. The zero-order valence-electron chi connectivity index (χ0n) is 35.3. The van der Waals surface area contributed by atoms with Gasteiger partial charge >= 0.3 is 0 Å². The summed E-state index contributed by atoms with van der Waals surface area (Å²) >= 11 is 0. The van der Waals surface area contributed by atoms with E-state index >= 15 is 0 Å². The van der Waals surface area contributed by atoms with Gasteiger partial charge in [-0.15, -0.1) is 0 Å². The number of unbranched alkanes of at least 4 members (excludes halogenated alkanes) is 18. The third-order valence-electron chi connectivity index (χ3n) is 10.4. The molecule has 2 N–H and O–H groups in total. The summed E-state index contributed by atoms with van der Waals surface area (Å²) in [4.78, 5) is 0. The van der Waals surface area contributed by atoms with Crippen LogP contribution in [0.2, 0.25) is 0 Å². The van der Waals surface area contributed by atoms with Crippen LogP contribution in [0.4, 0.5) is 0 Å². The number of allylic oxidation sites excluding steroid dienone is 2. The first-order valence-corrected chi connectivity index (χ1v) is 21.7. The van der Waals surface area contributed by atoms with Gasteiger partial charge in [-0.1, -0.05) is 103 Å². The van der Waals surface area contributed by atoms with Crippen molar-refractivity contribution in [2.24, 2.45) is 0 Å². The number of rotatable bonds is 32. The maximum atomic E-state index is 10.1. The predicted octanol–water partition coefficient (Wildman–Crippen LogP) is 12.4. The minimum Gasteiger partial charge on any atom is -0.496 e. The SMILES string of the molecule is COc1cc(/C=C(\C#N)c2ccc(OCCCCCCCCCCCCO)cc2)c(OC)cc1/C=C(\C#N)c1ccc(OCCCCCCCCCCCCO)cc1. The predicted molar refractivity (Wildman–Crippen MR) is 237 cm³/mol. The number of methoxy groups -OCH3 is 2. The van der Waals surface area contributed by atoms with Crippen molar-refractivity contribution in [2.45, 2.75) is 128 Å². The Hall–Kier alpha value is -4.76. The average Bonchev–Trinajstić information content (AvgIpc) is 3.26. The molecule has 0 saturated carbocycles. The molecule has 0 aromatic heterocycles. The van der Waals surface area contributed by atoms with E-state index in [4.69, 9.17) is 29.2 Å². The molecule has 0 saturated heterocycles. The van der Waals surface area contributed by atoms with Gasteiger partial charge in [-0.3, -0.25) is 0 Å². The first kappa shape index (κ1) is 47.6. The largest absolute Gasteiger partial charge is 0.496 e. The Bertz CT molecular complexity index is 1570. The van der Waals surface area contributed by atoms with E-state index in [0.717, 1.165) is 74.0 Å². The van der Waals surface area contributed by atoms with Crippen LogP contribution in [-0.2, 0) is 0 Å². The van der Waals surface area contributed by atoms with Crippen LogP contribution in [0.25, 0.3) is 23.3 Å². The summed E-state index contributed by atoms with van der Waals surface area (Å²) in [7, 11) is 3.17. The first-order valence-electron chi connectivity index (χ1n) is 21.7. The Balaban J connectivity index is 1.52. The van der Waals surface area contributed by atoms with Crippen molar-refractivity contribution in [3.8, 4) is 35.1 Å². The second-order valence-corrected chi connectivity index (χ2v) is 14.9. The summed E-state index contributed by atoms with van der Waals surface area (Å²) in [5.41, 5.74) is 3.84. The first-order chi connectivity index (χ1) is 28.6. The minimum atomic E-state index is 0.308. The average molecular weight is 793 g/mol. The third-order valence-corrected chi connectivity index (χ3v) is 10.4. The number of nitrogens with zero attached hydrogens (tertiary/aromatic N) is 2. The number of hydrogen-bond donors (Lipinski definition) is 2. The Morgan fingerprint density at radius 2 is 0.759 bits per heavy atom. The molecule has 0 amide bonds. The molecule has 0 heterocycles. The lowest BCUT2D eigenvalue weighted by molar-refractivity contribution is 0.282. The zero-order valence-corrected chi connectivity index (χ0v) is 35.3. The van der Waals surface area contributed by atoms with Gasteiger partial charge in [0, 0.05) is 24.3 Å². The molecule has 0 aliphatic carbocycles. The number of nitriles is 2. The molecule has 0 aliphatic heterocycles. The van der Waals surface area contributed by atoms with E-state index in [-0.39, 0.29) is 0 Å². The Kier molecular flexibility index (Phi) is 24.9. The molecule has 3 aromatic rings. The summed E-state index contributed by atoms with van der Waals surface area (Å²) in [5.74, 6) is 2.66. The fourth-order valence-corrected chi connectivity index (χ4v) is 6.94. The fraction of sp³-hybridized carbons (Fsp3) is 0.520. The van der Waals surface area contributed by atoms with Crippen LogP contribution in [0.1, 0.15) is 151 Å². The second kappa shape index (κ2) is 30.3. The molecule has 0 fully saturated rings. The van der Waals surface area contributed by atoms with Gasteiger partial charge < -0.3 is 29.2 Å². The Labute approximate surface area is 349 Å².